The number of ether oxygens (including phenoxy) is 2. The van der Waals surface area contributed by atoms with Crippen molar-refractivity contribution >= 4 is 23.5 Å². The molecule has 2 aromatic rings. The fourth-order valence-corrected chi connectivity index (χ4v) is 4.70. The summed E-state index contributed by atoms with van der Waals surface area (Å²) in [5.74, 6) is 0.689. The first-order valence-electron chi connectivity index (χ1n) is 9.60. The molecule has 3 aliphatic rings. The lowest BCUT2D eigenvalue weighted by Crippen LogP contribution is -2.55. The topological polar surface area (TPSA) is 90.0 Å². The molecule has 2 spiro atoms. The molecule has 3 aliphatic heterocycles. The van der Waals surface area contributed by atoms with Crippen LogP contribution in [0.4, 0.5) is 0 Å². The highest BCUT2D eigenvalue weighted by molar-refractivity contribution is 6.29. The Labute approximate surface area is 173 Å². The van der Waals surface area contributed by atoms with Crippen molar-refractivity contribution in [2.45, 2.75) is 30.4 Å². The second-order valence-electron chi connectivity index (χ2n) is 7.87. The van der Waals surface area contributed by atoms with E-state index in [-0.39, 0.29) is 11.9 Å². The number of fused-ring (bicyclic) bond motifs is 2. The van der Waals surface area contributed by atoms with Crippen LogP contribution < -0.4 is 10.5 Å². The monoisotopic (exact) mass is 412 g/mol. The van der Waals surface area contributed by atoms with Crippen LogP contribution in [-0.4, -0.2) is 47.6 Å². The summed E-state index contributed by atoms with van der Waals surface area (Å²) in [6.07, 6.45) is 2.07. The number of amides is 1. The molecule has 8 heteroatoms. The van der Waals surface area contributed by atoms with Gasteiger partial charge in [0.25, 0.3) is 5.91 Å². The average Bonchev–Trinajstić information content (AvgIpc) is 2.92. The number of nitrogens with two attached hydrogens (primary N) is 1. The zero-order chi connectivity index (χ0) is 20.2. The van der Waals surface area contributed by atoms with Gasteiger partial charge < -0.3 is 15.2 Å². The number of hydrogen-bond donors (Lipinski definition) is 1. The second-order valence-corrected chi connectivity index (χ2v) is 8.26. The van der Waals surface area contributed by atoms with Crippen LogP contribution in [0, 0.1) is 0 Å². The van der Waals surface area contributed by atoms with E-state index in [1.807, 2.05) is 30.3 Å². The molecule has 0 radical (unpaired) electrons. The molecule has 0 aliphatic carbocycles. The molecule has 0 bridgehead atoms. The third-order valence-corrected chi connectivity index (χ3v) is 6.14. The first-order valence-corrected chi connectivity index (χ1v) is 9.98. The Balaban J connectivity index is 1.69. The van der Waals surface area contributed by atoms with E-state index >= 15 is 0 Å². The summed E-state index contributed by atoms with van der Waals surface area (Å²) in [6, 6.07) is 11.2. The standard InChI is InChI=1S/C21H21ClN4O3/c1-26-18(27)21(25-19(26)23)11-20(8-3-9-28-12-20)29-16-7-6-13(10-14(16)21)15-4-2-5-17(22)24-15/h2,4-7,10H,3,8-9,11-12H2,1H3,(H2,23,25)/t20-,21+/m1/s1. The highest BCUT2D eigenvalue weighted by Gasteiger charge is 2.58. The molecule has 29 heavy (non-hydrogen) atoms. The number of likely N-dealkylation sites (N-methyl/N-ethyl adjacent to an activating group) is 1. The molecule has 0 unspecified atom stereocenters. The maximum absolute atomic E-state index is 13.4. The minimum absolute atomic E-state index is 0.152. The normalized spacial score (nSPS) is 28.4. The summed E-state index contributed by atoms with van der Waals surface area (Å²) < 4.78 is 12.1. The van der Waals surface area contributed by atoms with E-state index in [9.17, 15) is 4.79 Å². The Kier molecular flexibility index (Phi) is 4.08. The van der Waals surface area contributed by atoms with E-state index in [4.69, 9.17) is 26.8 Å². The summed E-state index contributed by atoms with van der Waals surface area (Å²) in [4.78, 5) is 23.9. The molecular weight excluding hydrogens is 392 g/mol. The fraction of sp³-hybridized carbons (Fsp3) is 0.381. The van der Waals surface area contributed by atoms with Crippen molar-refractivity contribution in [1.82, 2.24) is 9.88 Å². The first kappa shape index (κ1) is 18.4. The van der Waals surface area contributed by atoms with Gasteiger partial charge in [-0.3, -0.25) is 9.69 Å². The van der Waals surface area contributed by atoms with Gasteiger partial charge in [0.2, 0.25) is 0 Å². The number of aliphatic imine (C=N–C) groups is 1. The summed E-state index contributed by atoms with van der Waals surface area (Å²) in [5, 5.41) is 0.406. The van der Waals surface area contributed by atoms with Crippen LogP contribution in [-0.2, 0) is 15.1 Å². The molecule has 2 atom stereocenters. The molecule has 4 heterocycles. The van der Waals surface area contributed by atoms with Gasteiger partial charge >= 0.3 is 0 Å². The molecule has 2 N–H and O–H groups in total. The summed E-state index contributed by atoms with van der Waals surface area (Å²) in [7, 11) is 1.65. The van der Waals surface area contributed by atoms with Gasteiger partial charge in [-0.15, -0.1) is 0 Å². The number of rotatable bonds is 1. The molecule has 1 aromatic heterocycles. The number of hydrogen-bond acceptors (Lipinski definition) is 6. The summed E-state index contributed by atoms with van der Waals surface area (Å²) >= 11 is 6.07. The molecule has 0 saturated carbocycles. The Morgan fingerprint density at radius 2 is 2.14 bits per heavy atom. The number of carbonyl (C=O) groups excluding carboxylic acids is 1. The van der Waals surface area contributed by atoms with Crippen LogP contribution >= 0.6 is 11.6 Å². The first-order chi connectivity index (χ1) is 13.9. The highest BCUT2D eigenvalue weighted by atomic mass is 35.5. The molecule has 1 fully saturated rings. The van der Waals surface area contributed by atoms with E-state index in [1.165, 1.54) is 4.90 Å². The average molecular weight is 413 g/mol. The van der Waals surface area contributed by atoms with Crippen LogP contribution in [0.3, 0.4) is 0 Å². The lowest BCUT2D eigenvalue weighted by Gasteiger charge is -2.46. The third-order valence-electron chi connectivity index (χ3n) is 5.93. The minimum Gasteiger partial charge on any atom is -0.484 e. The van der Waals surface area contributed by atoms with E-state index in [1.54, 1.807) is 13.1 Å². The van der Waals surface area contributed by atoms with Crippen LogP contribution in [0.5, 0.6) is 5.75 Å². The van der Waals surface area contributed by atoms with Gasteiger partial charge in [0, 0.05) is 31.2 Å². The quantitative estimate of drug-likeness (QED) is 0.727. The maximum Gasteiger partial charge on any atom is 0.261 e. The van der Waals surface area contributed by atoms with Crippen molar-refractivity contribution in [3.8, 4) is 17.0 Å². The molecule has 5 rings (SSSR count). The number of pyridine rings is 1. The fourth-order valence-electron chi connectivity index (χ4n) is 4.54. The van der Waals surface area contributed by atoms with Gasteiger partial charge in [-0.1, -0.05) is 17.7 Å². The van der Waals surface area contributed by atoms with Crippen molar-refractivity contribution < 1.29 is 14.3 Å². The zero-order valence-corrected chi connectivity index (χ0v) is 16.8. The van der Waals surface area contributed by atoms with Crippen molar-refractivity contribution in [3.05, 3.63) is 47.1 Å². The number of halogens is 1. The van der Waals surface area contributed by atoms with E-state index in [0.29, 0.717) is 41.8 Å². The molecule has 150 valence electrons. The minimum atomic E-state index is -1.12. The number of aromatic nitrogens is 1. The van der Waals surface area contributed by atoms with Crippen molar-refractivity contribution in [2.75, 3.05) is 20.3 Å². The van der Waals surface area contributed by atoms with E-state index in [2.05, 4.69) is 9.98 Å². The molecule has 1 saturated heterocycles. The van der Waals surface area contributed by atoms with Crippen molar-refractivity contribution in [3.63, 3.8) is 0 Å². The van der Waals surface area contributed by atoms with Crippen molar-refractivity contribution in [2.24, 2.45) is 10.7 Å². The van der Waals surface area contributed by atoms with Gasteiger partial charge in [-0.05, 0) is 43.2 Å². The van der Waals surface area contributed by atoms with Crippen molar-refractivity contribution in [1.29, 1.82) is 0 Å². The number of benzene rings is 1. The Morgan fingerprint density at radius 3 is 2.83 bits per heavy atom. The van der Waals surface area contributed by atoms with Crippen LogP contribution in [0.1, 0.15) is 24.8 Å². The predicted octanol–water partition coefficient (Wildman–Crippen LogP) is 2.72. The Hall–Kier alpha value is -2.64. The second kappa shape index (κ2) is 6.43. The maximum atomic E-state index is 13.4. The number of nitrogens with zero attached hydrogens (tertiary/aromatic N) is 3. The molecule has 1 aromatic carbocycles. The molecule has 1 amide bonds. The Bertz CT molecular complexity index is 1030. The smallest absolute Gasteiger partial charge is 0.261 e. The van der Waals surface area contributed by atoms with Crippen LogP contribution in [0.2, 0.25) is 5.15 Å². The largest absolute Gasteiger partial charge is 0.484 e. The van der Waals surface area contributed by atoms with Gasteiger partial charge in [-0.25, -0.2) is 9.98 Å². The number of carbonyl (C=O) groups is 1. The SMILES string of the molecule is CN1C(=O)[C@@]2(C[C@@]3(CCCOC3)Oc3ccc(-c4cccc(Cl)n4)cc32)N=C1N. The predicted molar refractivity (Wildman–Crippen MR) is 109 cm³/mol. The number of guanidine groups is 1. The summed E-state index contributed by atoms with van der Waals surface area (Å²) in [5.41, 5.74) is 6.61. The Morgan fingerprint density at radius 1 is 1.28 bits per heavy atom. The lowest BCUT2D eigenvalue weighted by molar-refractivity contribution is -0.139. The zero-order valence-electron chi connectivity index (χ0n) is 16.0. The third kappa shape index (κ3) is 2.80. The van der Waals surface area contributed by atoms with Gasteiger partial charge in [0.05, 0.1) is 12.3 Å². The van der Waals surface area contributed by atoms with E-state index < -0.39 is 11.1 Å². The molecular formula is C21H21ClN4O3. The van der Waals surface area contributed by atoms with Crippen LogP contribution in [0.25, 0.3) is 11.3 Å². The van der Waals surface area contributed by atoms with E-state index in [0.717, 1.165) is 18.4 Å². The highest BCUT2D eigenvalue weighted by Crippen LogP contribution is 2.51. The van der Waals surface area contributed by atoms with Gasteiger partial charge in [0.15, 0.2) is 11.5 Å². The molecule has 7 nitrogen and oxygen atoms in total. The van der Waals surface area contributed by atoms with Gasteiger partial charge in [-0.2, -0.15) is 0 Å². The lowest BCUT2D eigenvalue weighted by atomic mass is 9.74. The van der Waals surface area contributed by atoms with Crippen LogP contribution in [0.15, 0.2) is 41.4 Å². The van der Waals surface area contributed by atoms with Gasteiger partial charge in [0.1, 0.15) is 16.5 Å². The summed E-state index contributed by atoms with van der Waals surface area (Å²) in [6.45, 7) is 1.13.